The largest absolute Gasteiger partial charge is 0.497 e. The standard InChI is InChI=1S/C16H22N4O3S/c1-10(21)18-13(6-7-24-3)16(22)17-9-15-19-12-5-4-11(23-2)8-14(12)20-15/h4-5,8,13H,6-7,9H2,1-3H3,(H,17,22)(H,18,21)(H,19,20)/t13-/m0/s1. The first-order valence-electron chi connectivity index (χ1n) is 7.60. The Kier molecular flexibility index (Phi) is 6.48. The maximum absolute atomic E-state index is 12.3. The minimum atomic E-state index is -0.528. The van der Waals surface area contributed by atoms with Crippen LogP contribution >= 0.6 is 11.8 Å². The Hall–Kier alpha value is -2.22. The molecule has 0 unspecified atom stereocenters. The van der Waals surface area contributed by atoms with E-state index in [9.17, 15) is 9.59 Å². The van der Waals surface area contributed by atoms with Crippen molar-refractivity contribution in [3.8, 4) is 5.75 Å². The summed E-state index contributed by atoms with van der Waals surface area (Å²) >= 11 is 1.63. The summed E-state index contributed by atoms with van der Waals surface area (Å²) in [6.45, 7) is 1.68. The Labute approximate surface area is 144 Å². The predicted octanol–water partition coefficient (Wildman–Crippen LogP) is 1.45. The monoisotopic (exact) mass is 350 g/mol. The minimum absolute atomic E-state index is 0.211. The fourth-order valence-corrected chi connectivity index (χ4v) is 2.77. The first-order chi connectivity index (χ1) is 11.5. The molecule has 0 bridgehead atoms. The van der Waals surface area contributed by atoms with E-state index in [2.05, 4.69) is 20.6 Å². The molecule has 0 aliphatic carbocycles. The molecule has 0 spiro atoms. The third-order valence-electron chi connectivity index (χ3n) is 3.47. The molecule has 1 atom stereocenters. The van der Waals surface area contributed by atoms with Crippen LogP contribution in [0.5, 0.6) is 5.75 Å². The number of thioether (sulfide) groups is 1. The first kappa shape index (κ1) is 18.1. The molecule has 1 aromatic heterocycles. The van der Waals surface area contributed by atoms with E-state index >= 15 is 0 Å². The van der Waals surface area contributed by atoms with E-state index in [1.807, 2.05) is 24.5 Å². The molecular formula is C16H22N4O3S. The number of H-pyrrole nitrogens is 1. The van der Waals surface area contributed by atoms with Crippen LogP contribution < -0.4 is 15.4 Å². The molecule has 2 aromatic rings. The normalized spacial score (nSPS) is 12.0. The molecule has 130 valence electrons. The summed E-state index contributed by atoms with van der Waals surface area (Å²) in [6.07, 6.45) is 2.55. The van der Waals surface area contributed by atoms with Crippen LogP contribution in [0, 0.1) is 0 Å². The van der Waals surface area contributed by atoms with E-state index in [1.165, 1.54) is 6.92 Å². The van der Waals surface area contributed by atoms with E-state index in [0.29, 0.717) is 12.2 Å². The lowest BCUT2D eigenvalue weighted by Gasteiger charge is -2.16. The highest BCUT2D eigenvalue weighted by Crippen LogP contribution is 2.18. The highest BCUT2D eigenvalue weighted by molar-refractivity contribution is 7.98. The number of nitrogens with one attached hydrogen (secondary N) is 3. The van der Waals surface area contributed by atoms with E-state index in [1.54, 1.807) is 18.9 Å². The number of aromatic amines is 1. The lowest BCUT2D eigenvalue weighted by Crippen LogP contribution is -2.46. The van der Waals surface area contributed by atoms with Gasteiger partial charge in [-0.05, 0) is 30.6 Å². The predicted molar refractivity (Wildman–Crippen MR) is 95.1 cm³/mol. The smallest absolute Gasteiger partial charge is 0.242 e. The summed E-state index contributed by atoms with van der Waals surface area (Å²) in [5.41, 5.74) is 1.65. The van der Waals surface area contributed by atoms with Gasteiger partial charge in [-0.25, -0.2) is 4.98 Å². The van der Waals surface area contributed by atoms with Gasteiger partial charge in [-0.2, -0.15) is 11.8 Å². The molecule has 0 aliphatic rings. The van der Waals surface area contributed by atoms with Gasteiger partial charge in [0.2, 0.25) is 11.8 Å². The van der Waals surface area contributed by atoms with Gasteiger partial charge in [0, 0.05) is 13.0 Å². The van der Waals surface area contributed by atoms with Crippen molar-refractivity contribution in [2.24, 2.45) is 0 Å². The second-order valence-electron chi connectivity index (χ2n) is 5.32. The number of amides is 2. The molecule has 0 saturated carbocycles. The van der Waals surface area contributed by atoms with Crippen LogP contribution in [0.25, 0.3) is 11.0 Å². The van der Waals surface area contributed by atoms with Crippen LogP contribution in [0.15, 0.2) is 18.2 Å². The lowest BCUT2D eigenvalue weighted by atomic mass is 10.2. The van der Waals surface area contributed by atoms with Gasteiger partial charge in [0.05, 0.1) is 24.7 Å². The van der Waals surface area contributed by atoms with Crippen molar-refractivity contribution in [3.05, 3.63) is 24.0 Å². The fraction of sp³-hybridized carbons (Fsp3) is 0.438. The summed E-state index contributed by atoms with van der Waals surface area (Å²) in [5.74, 6) is 1.76. The minimum Gasteiger partial charge on any atom is -0.497 e. The second-order valence-corrected chi connectivity index (χ2v) is 6.30. The number of ether oxygens (including phenoxy) is 1. The van der Waals surface area contributed by atoms with Crippen LogP contribution in [0.3, 0.4) is 0 Å². The average Bonchev–Trinajstić information content (AvgIpc) is 2.97. The number of rotatable bonds is 8. The molecule has 0 radical (unpaired) electrons. The Morgan fingerprint density at radius 1 is 1.42 bits per heavy atom. The fourth-order valence-electron chi connectivity index (χ4n) is 2.30. The highest BCUT2D eigenvalue weighted by atomic mass is 32.2. The molecular weight excluding hydrogens is 328 g/mol. The van der Waals surface area contributed by atoms with Gasteiger partial charge in [0.15, 0.2) is 0 Å². The molecule has 3 N–H and O–H groups in total. The van der Waals surface area contributed by atoms with Crippen LogP contribution in [0.2, 0.25) is 0 Å². The van der Waals surface area contributed by atoms with Crippen LogP contribution in [0.1, 0.15) is 19.2 Å². The van der Waals surface area contributed by atoms with Gasteiger partial charge in [0.25, 0.3) is 0 Å². The zero-order valence-corrected chi connectivity index (χ0v) is 14.8. The lowest BCUT2D eigenvalue weighted by molar-refractivity contribution is -0.128. The summed E-state index contributed by atoms with van der Waals surface area (Å²) in [4.78, 5) is 31.1. The van der Waals surface area contributed by atoms with E-state index in [0.717, 1.165) is 22.5 Å². The number of nitrogens with zero attached hydrogens (tertiary/aromatic N) is 1. The third-order valence-corrected chi connectivity index (χ3v) is 4.12. The number of aromatic nitrogens is 2. The van der Waals surface area contributed by atoms with Crippen molar-refractivity contribution in [2.45, 2.75) is 25.9 Å². The summed E-state index contributed by atoms with van der Waals surface area (Å²) in [7, 11) is 1.61. The molecule has 24 heavy (non-hydrogen) atoms. The van der Waals surface area contributed by atoms with Gasteiger partial charge in [-0.15, -0.1) is 0 Å². The van der Waals surface area contributed by atoms with Crippen molar-refractivity contribution in [1.82, 2.24) is 20.6 Å². The zero-order chi connectivity index (χ0) is 17.5. The average molecular weight is 350 g/mol. The van der Waals surface area contributed by atoms with Gasteiger partial charge in [0.1, 0.15) is 17.6 Å². The van der Waals surface area contributed by atoms with Gasteiger partial charge in [-0.3, -0.25) is 9.59 Å². The first-order valence-corrected chi connectivity index (χ1v) is 8.99. The molecule has 1 aromatic carbocycles. The topological polar surface area (TPSA) is 96.1 Å². The van der Waals surface area contributed by atoms with Crippen molar-refractivity contribution in [2.75, 3.05) is 19.1 Å². The zero-order valence-electron chi connectivity index (χ0n) is 14.0. The SMILES string of the molecule is COc1ccc2nc(CNC(=O)[C@H](CCSC)NC(C)=O)[nH]c2c1. The van der Waals surface area contributed by atoms with Crippen molar-refractivity contribution >= 4 is 34.6 Å². The van der Waals surface area contributed by atoms with E-state index < -0.39 is 6.04 Å². The number of fused-ring (bicyclic) bond motifs is 1. The molecule has 0 saturated heterocycles. The van der Waals surface area contributed by atoms with Crippen molar-refractivity contribution in [1.29, 1.82) is 0 Å². The molecule has 8 heteroatoms. The Balaban J connectivity index is 1.99. The molecule has 0 fully saturated rings. The molecule has 0 aliphatic heterocycles. The number of hydrogen-bond donors (Lipinski definition) is 3. The molecule has 7 nitrogen and oxygen atoms in total. The Morgan fingerprint density at radius 2 is 2.21 bits per heavy atom. The summed E-state index contributed by atoms with van der Waals surface area (Å²) in [6, 6.07) is 5.01. The number of hydrogen-bond acceptors (Lipinski definition) is 5. The third kappa shape index (κ3) is 4.89. The maximum Gasteiger partial charge on any atom is 0.242 e. The van der Waals surface area contributed by atoms with E-state index in [-0.39, 0.29) is 18.4 Å². The van der Waals surface area contributed by atoms with E-state index in [4.69, 9.17) is 4.74 Å². The highest BCUT2D eigenvalue weighted by Gasteiger charge is 2.19. The van der Waals surface area contributed by atoms with Gasteiger partial charge in [-0.1, -0.05) is 0 Å². The van der Waals surface area contributed by atoms with Crippen LogP contribution in [0.4, 0.5) is 0 Å². The van der Waals surface area contributed by atoms with Gasteiger partial charge >= 0.3 is 0 Å². The van der Waals surface area contributed by atoms with Crippen LogP contribution in [-0.4, -0.2) is 46.9 Å². The number of methoxy groups -OCH3 is 1. The number of benzene rings is 1. The number of carbonyl (C=O) groups excluding carboxylic acids is 2. The van der Waals surface area contributed by atoms with Crippen molar-refractivity contribution in [3.63, 3.8) is 0 Å². The number of imidazole rings is 1. The molecule has 1 heterocycles. The molecule has 2 amide bonds. The van der Waals surface area contributed by atoms with Gasteiger partial charge < -0.3 is 20.4 Å². The second kappa shape index (κ2) is 8.58. The maximum atomic E-state index is 12.3. The quantitative estimate of drug-likeness (QED) is 0.670. The summed E-state index contributed by atoms with van der Waals surface area (Å²) < 4.78 is 5.18. The van der Waals surface area contributed by atoms with Crippen molar-refractivity contribution < 1.29 is 14.3 Å². The Morgan fingerprint density at radius 3 is 2.88 bits per heavy atom. The Bertz CT molecular complexity index is 716. The summed E-state index contributed by atoms with van der Waals surface area (Å²) in [5, 5.41) is 5.50. The molecule has 2 rings (SSSR count). The van der Waals surface area contributed by atoms with Crippen LogP contribution in [-0.2, 0) is 16.1 Å². The number of carbonyl (C=O) groups is 2.